The van der Waals surface area contributed by atoms with E-state index < -0.39 is 5.91 Å². The Hall–Kier alpha value is -4.22. The average molecular weight is 497 g/mol. The van der Waals surface area contributed by atoms with Gasteiger partial charge in [0.1, 0.15) is 5.69 Å². The lowest BCUT2D eigenvalue weighted by Gasteiger charge is -2.32. The summed E-state index contributed by atoms with van der Waals surface area (Å²) in [6, 6.07) is 17.4. The van der Waals surface area contributed by atoms with E-state index in [0.717, 1.165) is 42.0 Å². The first kappa shape index (κ1) is 25.9. The quantitative estimate of drug-likeness (QED) is 0.404. The van der Waals surface area contributed by atoms with Crippen LogP contribution in [0.4, 0.5) is 5.69 Å². The predicted octanol–water partition coefficient (Wildman–Crippen LogP) is 4.09. The monoisotopic (exact) mass is 496 g/mol. The lowest BCUT2D eigenvalue weighted by Crippen LogP contribution is -2.42. The number of carbonyl (C=O) groups excluding carboxylic acids is 2. The highest BCUT2D eigenvalue weighted by Crippen LogP contribution is 2.32. The van der Waals surface area contributed by atoms with Gasteiger partial charge in [-0.2, -0.15) is 5.26 Å². The maximum atomic E-state index is 13.0. The van der Waals surface area contributed by atoms with Crippen LogP contribution in [0.3, 0.4) is 0 Å². The minimum atomic E-state index is -0.575. The fourth-order valence-electron chi connectivity index (χ4n) is 4.83. The molecule has 1 heterocycles. The number of nitrogens with one attached hydrogen (secondary N) is 2. The maximum absolute atomic E-state index is 13.0. The SMILES string of the molecule is C=C(C#N)CNc1c(C(N)=O)ccc2ccc(-c3cccc(C(=O)NC4CCC(N(C)C)CC4)n3)cc12. The largest absolute Gasteiger partial charge is 0.379 e. The Morgan fingerprint density at radius 1 is 1.14 bits per heavy atom. The lowest BCUT2D eigenvalue weighted by atomic mass is 9.90. The topological polar surface area (TPSA) is 124 Å². The second-order valence-corrected chi connectivity index (χ2v) is 9.71. The number of primary amides is 1. The van der Waals surface area contributed by atoms with Gasteiger partial charge in [-0.3, -0.25) is 9.59 Å². The van der Waals surface area contributed by atoms with Crippen molar-refractivity contribution in [2.45, 2.75) is 37.8 Å². The summed E-state index contributed by atoms with van der Waals surface area (Å²) in [4.78, 5) is 32.0. The Balaban J connectivity index is 1.60. The molecule has 0 spiro atoms. The van der Waals surface area contributed by atoms with Crippen molar-refractivity contribution in [3.05, 3.63) is 71.9 Å². The third kappa shape index (κ3) is 5.96. The lowest BCUT2D eigenvalue weighted by molar-refractivity contribution is 0.0910. The van der Waals surface area contributed by atoms with E-state index in [0.29, 0.717) is 34.3 Å². The van der Waals surface area contributed by atoms with Crippen molar-refractivity contribution in [1.82, 2.24) is 15.2 Å². The van der Waals surface area contributed by atoms with E-state index in [-0.39, 0.29) is 18.5 Å². The van der Waals surface area contributed by atoms with Crippen molar-refractivity contribution in [3.63, 3.8) is 0 Å². The van der Waals surface area contributed by atoms with Gasteiger partial charge in [-0.15, -0.1) is 0 Å². The third-order valence-electron chi connectivity index (χ3n) is 6.96. The number of benzene rings is 2. The number of nitrogens with zero attached hydrogens (tertiary/aromatic N) is 3. The zero-order valence-electron chi connectivity index (χ0n) is 21.3. The summed E-state index contributed by atoms with van der Waals surface area (Å²) in [5.74, 6) is -0.752. The molecular weight excluding hydrogens is 464 g/mol. The van der Waals surface area contributed by atoms with Crippen molar-refractivity contribution in [1.29, 1.82) is 5.26 Å². The van der Waals surface area contributed by atoms with Crippen LogP contribution in [0.25, 0.3) is 22.0 Å². The number of hydrogen-bond acceptors (Lipinski definition) is 6. The molecular formula is C29H32N6O2. The number of hydrogen-bond donors (Lipinski definition) is 3. The number of nitrogens with two attached hydrogens (primary N) is 1. The summed E-state index contributed by atoms with van der Waals surface area (Å²) < 4.78 is 0. The van der Waals surface area contributed by atoms with Crippen molar-refractivity contribution in [3.8, 4) is 17.3 Å². The fourth-order valence-corrected chi connectivity index (χ4v) is 4.83. The second-order valence-electron chi connectivity index (χ2n) is 9.71. The molecule has 0 bridgehead atoms. The van der Waals surface area contributed by atoms with Crippen LogP contribution >= 0.6 is 0 Å². The summed E-state index contributed by atoms with van der Waals surface area (Å²) in [6.07, 6.45) is 4.03. The highest BCUT2D eigenvalue weighted by molar-refractivity contribution is 6.08. The average Bonchev–Trinajstić information content (AvgIpc) is 2.91. The van der Waals surface area contributed by atoms with Gasteiger partial charge in [0.15, 0.2) is 0 Å². The van der Waals surface area contributed by atoms with Crippen molar-refractivity contribution < 1.29 is 9.59 Å². The van der Waals surface area contributed by atoms with E-state index in [1.165, 1.54) is 0 Å². The summed E-state index contributed by atoms with van der Waals surface area (Å²) in [6.45, 7) is 3.88. The number of amides is 2. The number of pyridine rings is 1. The Morgan fingerprint density at radius 3 is 2.54 bits per heavy atom. The van der Waals surface area contributed by atoms with Gasteiger partial charge in [-0.25, -0.2) is 4.98 Å². The minimum Gasteiger partial charge on any atom is -0.379 e. The van der Waals surface area contributed by atoms with E-state index >= 15 is 0 Å². The highest BCUT2D eigenvalue weighted by Gasteiger charge is 2.24. The van der Waals surface area contributed by atoms with Crippen LogP contribution in [0.15, 0.2) is 60.7 Å². The van der Waals surface area contributed by atoms with Gasteiger partial charge in [0.2, 0.25) is 0 Å². The maximum Gasteiger partial charge on any atom is 0.270 e. The van der Waals surface area contributed by atoms with Gasteiger partial charge >= 0.3 is 0 Å². The van der Waals surface area contributed by atoms with Gasteiger partial charge in [-0.1, -0.05) is 30.8 Å². The van der Waals surface area contributed by atoms with E-state index in [1.807, 2.05) is 42.5 Å². The van der Waals surface area contributed by atoms with Crippen LogP contribution in [0, 0.1) is 11.3 Å². The first-order chi connectivity index (χ1) is 17.8. The standard InChI is InChI=1S/C29H32N6O2/c1-18(16-30)17-32-27-23(28(31)36)14-9-19-7-8-20(15-24(19)27)25-5-4-6-26(34-25)29(37)33-21-10-12-22(13-11-21)35(2)3/h4-9,14-15,21-22,32H,1,10-13,17H2,2-3H3,(H2,31,36)(H,33,37). The molecule has 0 radical (unpaired) electrons. The molecule has 1 aliphatic rings. The summed E-state index contributed by atoms with van der Waals surface area (Å²) >= 11 is 0. The van der Waals surface area contributed by atoms with Crippen molar-refractivity contribution in [2.24, 2.45) is 5.73 Å². The molecule has 37 heavy (non-hydrogen) atoms. The predicted molar refractivity (Wildman–Crippen MR) is 146 cm³/mol. The van der Waals surface area contributed by atoms with Crippen molar-refractivity contribution >= 4 is 28.3 Å². The molecule has 1 saturated carbocycles. The van der Waals surface area contributed by atoms with Gasteiger partial charge < -0.3 is 21.3 Å². The molecule has 0 unspecified atom stereocenters. The van der Waals surface area contributed by atoms with E-state index in [9.17, 15) is 9.59 Å². The molecule has 0 saturated heterocycles. The molecule has 1 fully saturated rings. The highest BCUT2D eigenvalue weighted by atomic mass is 16.2. The Bertz CT molecular complexity index is 1380. The summed E-state index contributed by atoms with van der Waals surface area (Å²) in [5, 5.41) is 17.0. The fraction of sp³-hybridized carbons (Fsp3) is 0.310. The molecule has 4 rings (SSSR count). The number of aromatic nitrogens is 1. The van der Waals surface area contributed by atoms with Gasteiger partial charge in [0.25, 0.3) is 11.8 Å². The molecule has 1 aliphatic carbocycles. The zero-order chi connectivity index (χ0) is 26.5. The zero-order valence-corrected chi connectivity index (χ0v) is 21.3. The molecule has 1 aromatic heterocycles. The van der Waals surface area contributed by atoms with Gasteiger partial charge in [-0.05, 0) is 69.4 Å². The molecule has 8 heteroatoms. The minimum absolute atomic E-state index is 0.152. The van der Waals surface area contributed by atoms with Crippen LogP contribution in [0.5, 0.6) is 0 Å². The Labute approximate surface area is 217 Å². The third-order valence-corrected chi connectivity index (χ3v) is 6.96. The van der Waals surface area contributed by atoms with Crippen LogP contribution in [-0.4, -0.2) is 54.4 Å². The van der Waals surface area contributed by atoms with Crippen LogP contribution in [0.1, 0.15) is 46.5 Å². The number of nitriles is 1. The van der Waals surface area contributed by atoms with Crippen LogP contribution in [-0.2, 0) is 0 Å². The molecule has 8 nitrogen and oxygen atoms in total. The van der Waals surface area contributed by atoms with Gasteiger partial charge in [0, 0.05) is 35.2 Å². The van der Waals surface area contributed by atoms with Crippen molar-refractivity contribution in [2.75, 3.05) is 26.0 Å². The molecule has 190 valence electrons. The normalized spacial score (nSPS) is 17.2. The Kier molecular flexibility index (Phi) is 7.85. The number of anilines is 1. The number of rotatable bonds is 8. The van der Waals surface area contributed by atoms with E-state index in [2.05, 4.69) is 41.2 Å². The summed E-state index contributed by atoms with van der Waals surface area (Å²) in [7, 11) is 4.20. The second kappa shape index (κ2) is 11.2. The van der Waals surface area contributed by atoms with Crippen LogP contribution < -0.4 is 16.4 Å². The Morgan fingerprint density at radius 2 is 1.86 bits per heavy atom. The first-order valence-corrected chi connectivity index (χ1v) is 12.4. The molecule has 2 amide bonds. The smallest absolute Gasteiger partial charge is 0.270 e. The number of carbonyl (C=O) groups is 2. The molecule has 3 aromatic rings. The first-order valence-electron chi connectivity index (χ1n) is 12.4. The molecule has 0 atom stereocenters. The van der Waals surface area contributed by atoms with Crippen LogP contribution in [0.2, 0.25) is 0 Å². The molecule has 2 aromatic carbocycles. The van der Waals surface area contributed by atoms with Gasteiger partial charge in [0.05, 0.1) is 23.0 Å². The van der Waals surface area contributed by atoms with E-state index in [1.54, 1.807) is 12.1 Å². The summed E-state index contributed by atoms with van der Waals surface area (Å²) in [5.41, 5.74) is 8.60. The number of fused-ring (bicyclic) bond motifs is 1. The molecule has 4 N–H and O–H groups in total. The van der Waals surface area contributed by atoms with E-state index in [4.69, 9.17) is 11.0 Å². The molecule has 0 aliphatic heterocycles.